The Balaban J connectivity index is 1.47. The molecule has 0 atom stereocenters. The Morgan fingerprint density at radius 3 is 2.50 bits per heavy atom. The summed E-state index contributed by atoms with van der Waals surface area (Å²) in [4.78, 5) is 30.3. The van der Waals surface area contributed by atoms with E-state index in [1.807, 2.05) is 48.5 Å². The molecule has 34 heavy (non-hydrogen) atoms. The molecule has 1 fully saturated rings. The van der Waals surface area contributed by atoms with Crippen molar-refractivity contribution in [2.75, 3.05) is 7.05 Å². The molecule has 4 rings (SSSR count). The molecule has 0 aromatic heterocycles. The highest BCUT2D eigenvalue weighted by Gasteiger charge is 2.30. The van der Waals surface area contributed by atoms with E-state index in [2.05, 4.69) is 43.5 Å². The summed E-state index contributed by atoms with van der Waals surface area (Å²) in [5.41, 5.74) is 2.73. The van der Waals surface area contributed by atoms with Crippen LogP contribution in [-0.2, 0) is 11.4 Å². The number of amidine groups is 1. The first-order valence-electron chi connectivity index (χ1n) is 10.1. The van der Waals surface area contributed by atoms with Crippen LogP contribution >= 0.6 is 50.3 Å². The molecule has 0 aliphatic carbocycles. The minimum absolute atomic E-state index is 0.142. The average molecular weight is 649 g/mol. The van der Waals surface area contributed by atoms with Gasteiger partial charge in [0.15, 0.2) is 5.17 Å². The first-order valence-corrected chi connectivity index (χ1v) is 12.8. The van der Waals surface area contributed by atoms with Crippen molar-refractivity contribution in [3.63, 3.8) is 0 Å². The van der Waals surface area contributed by atoms with Gasteiger partial charge in [0.1, 0.15) is 12.4 Å². The van der Waals surface area contributed by atoms with E-state index in [4.69, 9.17) is 9.84 Å². The number of amides is 1. The van der Waals surface area contributed by atoms with Crippen LogP contribution in [0, 0.1) is 3.57 Å². The molecule has 1 aliphatic rings. The molecule has 0 saturated carbocycles. The van der Waals surface area contributed by atoms with Gasteiger partial charge in [0.05, 0.1) is 19.7 Å². The lowest BCUT2D eigenvalue weighted by Gasteiger charge is -2.09. The summed E-state index contributed by atoms with van der Waals surface area (Å²) in [5, 5.41) is 9.56. The van der Waals surface area contributed by atoms with Crippen LogP contribution in [0.1, 0.15) is 21.5 Å². The molecule has 0 unspecified atom stereocenters. The number of carboxylic acids is 1. The van der Waals surface area contributed by atoms with Crippen molar-refractivity contribution in [1.82, 2.24) is 4.90 Å². The number of aliphatic imine (C=N–C) groups is 1. The number of ether oxygens (including phenoxy) is 1. The van der Waals surface area contributed by atoms with Gasteiger partial charge in [-0.3, -0.25) is 9.69 Å². The monoisotopic (exact) mass is 648 g/mol. The van der Waals surface area contributed by atoms with Gasteiger partial charge in [0.25, 0.3) is 5.91 Å². The van der Waals surface area contributed by atoms with E-state index in [0.717, 1.165) is 24.9 Å². The van der Waals surface area contributed by atoms with Gasteiger partial charge in [0.2, 0.25) is 0 Å². The van der Waals surface area contributed by atoms with E-state index >= 15 is 0 Å². The number of hydrogen-bond donors (Lipinski definition) is 1. The topological polar surface area (TPSA) is 79.2 Å². The van der Waals surface area contributed by atoms with Crippen molar-refractivity contribution in [3.05, 3.63) is 96.4 Å². The Morgan fingerprint density at radius 1 is 1.15 bits per heavy atom. The number of benzene rings is 3. The molecular formula is C25H18BrIN2O4S. The summed E-state index contributed by atoms with van der Waals surface area (Å²) in [6.07, 6.45) is 1.83. The number of aromatic carboxylic acids is 1. The molecule has 0 spiro atoms. The van der Waals surface area contributed by atoms with Crippen LogP contribution in [0.5, 0.6) is 5.75 Å². The summed E-state index contributed by atoms with van der Waals surface area (Å²) < 4.78 is 7.92. The summed E-state index contributed by atoms with van der Waals surface area (Å²) >= 11 is 6.94. The molecule has 1 heterocycles. The average Bonchev–Trinajstić information content (AvgIpc) is 3.07. The molecule has 0 bridgehead atoms. The van der Waals surface area contributed by atoms with Crippen LogP contribution in [-0.4, -0.2) is 34.1 Å². The van der Waals surface area contributed by atoms with E-state index in [1.165, 1.54) is 28.8 Å². The van der Waals surface area contributed by atoms with Gasteiger partial charge in [-0.2, -0.15) is 0 Å². The maximum absolute atomic E-state index is 12.7. The Morgan fingerprint density at radius 2 is 1.85 bits per heavy atom. The lowest BCUT2D eigenvalue weighted by Crippen LogP contribution is -2.23. The number of carboxylic acid groups (broad SMARTS) is 1. The molecule has 1 N–H and O–H groups in total. The maximum atomic E-state index is 12.7. The summed E-state index contributed by atoms with van der Waals surface area (Å²) in [7, 11) is 1.67. The van der Waals surface area contributed by atoms with Crippen LogP contribution in [0.4, 0.5) is 5.69 Å². The van der Waals surface area contributed by atoms with E-state index in [0.29, 0.717) is 22.4 Å². The fourth-order valence-electron chi connectivity index (χ4n) is 3.06. The van der Waals surface area contributed by atoms with Crippen molar-refractivity contribution >= 4 is 79.1 Å². The Hall–Kier alpha value is -2.63. The number of carbonyl (C=O) groups excluding carboxylic acids is 1. The quantitative estimate of drug-likeness (QED) is 0.242. The van der Waals surface area contributed by atoms with Crippen molar-refractivity contribution in [2.24, 2.45) is 4.99 Å². The van der Waals surface area contributed by atoms with Crippen LogP contribution in [0.25, 0.3) is 6.08 Å². The predicted molar refractivity (Wildman–Crippen MR) is 146 cm³/mol. The predicted octanol–water partition coefficient (Wildman–Crippen LogP) is 6.56. The minimum Gasteiger partial charge on any atom is -0.488 e. The highest BCUT2D eigenvalue weighted by atomic mass is 127. The largest absolute Gasteiger partial charge is 0.488 e. The number of likely N-dealkylation sites (N-methyl/N-ethyl adjacent to an activating group) is 1. The number of nitrogens with zero attached hydrogens (tertiary/aromatic N) is 2. The molecule has 1 amide bonds. The number of rotatable bonds is 6. The molecule has 0 radical (unpaired) electrons. The van der Waals surface area contributed by atoms with Crippen molar-refractivity contribution < 1.29 is 19.4 Å². The number of thioether (sulfide) groups is 1. The van der Waals surface area contributed by atoms with E-state index in [1.54, 1.807) is 19.2 Å². The number of hydrogen-bond acceptors (Lipinski definition) is 5. The zero-order valence-corrected chi connectivity index (χ0v) is 22.4. The van der Waals surface area contributed by atoms with Crippen molar-refractivity contribution in [2.45, 2.75) is 6.61 Å². The lowest BCUT2D eigenvalue weighted by atomic mass is 10.2. The van der Waals surface area contributed by atoms with Crippen LogP contribution < -0.4 is 4.74 Å². The lowest BCUT2D eigenvalue weighted by molar-refractivity contribution is -0.121. The Bertz CT molecular complexity index is 1310. The van der Waals surface area contributed by atoms with Gasteiger partial charge >= 0.3 is 5.97 Å². The molecule has 3 aromatic carbocycles. The first kappa shape index (κ1) is 24.5. The molecule has 9 heteroatoms. The van der Waals surface area contributed by atoms with E-state index < -0.39 is 5.97 Å². The minimum atomic E-state index is -0.994. The SMILES string of the molecule is CN1C(=O)/C(=C/c2ccc(OCc3ccc(Br)cc3)c(I)c2)SC1=Nc1ccc(C(=O)O)cc1. The molecular weight excluding hydrogens is 631 g/mol. The third-order valence-corrected chi connectivity index (χ3v) is 7.34. The van der Waals surface area contributed by atoms with Gasteiger partial charge in [-0.15, -0.1) is 0 Å². The fraction of sp³-hybridized carbons (Fsp3) is 0.0800. The highest BCUT2D eigenvalue weighted by molar-refractivity contribution is 14.1. The van der Waals surface area contributed by atoms with Gasteiger partial charge in [-0.25, -0.2) is 9.79 Å². The van der Waals surface area contributed by atoms with E-state index in [9.17, 15) is 9.59 Å². The fourth-order valence-corrected chi connectivity index (χ4v) is 5.00. The van der Waals surface area contributed by atoms with Gasteiger partial charge < -0.3 is 9.84 Å². The summed E-state index contributed by atoms with van der Waals surface area (Å²) in [5.74, 6) is -0.358. The van der Waals surface area contributed by atoms with Gasteiger partial charge in [-0.05, 0) is 100 Å². The molecule has 172 valence electrons. The summed E-state index contributed by atoms with van der Waals surface area (Å²) in [6, 6.07) is 20.0. The number of halogens is 2. The summed E-state index contributed by atoms with van der Waals surface area (Å²) in [6.45, 7) is 0.468. The zero-order valence-electron chi connectivity index (χ0n) is 17.9. The van der Waals surface area contributed by atoms with Crippen LogP contribution in [0.2, 0.25) is 0 Å². The third-order valence-electron chi connectivity index (χ3n) is 4.90. The molecule has 1 saturated heterocycles. The van der Waals surface area contributed by atoms with Gasteiger partial charge in [0, 0.05) is 11.5 Å². The number of carbonyl (C=O) groups is 2. The van der Waals surface area contributed by atoms with Crippen molar-refractivity contribution in [3.8, 4) is 5.75 Å². The smallest absolute Gasteiger partial charge is 0.335 e. The molecule has 1 aliphatic heterocycles. The zero-order chi connectivity index (χ0) is 24.2. The first-order chi connectivity index (χ1) is 16.3. The van der Waals surface area contributed by atoms with Crippen LogP contribution in [0.15, 0.2) is 81.1 Å². The Kier molecular flexibility index (Phi) is 7.74. The Labute approximate surface area is 223 Å². The van der Waals surface area contributed by atoms with Crippen molar-refractivity contribution in [1.29, 1.82) is 0 Å². The van der Waals surface area contributed by atoms with E-state index in [-0.39, 0.29) is 11.5 Å². The highest BCUT2D eigenvalue weighted by Crippen LogP contribution is 2.34. The second-order valence-corrected chi connectivity index (χ2v) is 10.4. The second-order valence-electron chi connectivity index (χ2n) is 7.33. The third kappa shape index (κ3) is 5.89. The van der Waals surface area contributed by atoms with Crippen LogP contribution in [0.3, 0.4) is 0 Å². The normalized spacial score (nSPS) is 15.9. The molecule has 6 nitrogen and oxygen atoms in total. The standard InChI is InChI=1S/C25H18BrIN2O4S/c1-29-23(30)22(34-25(29)28-19-9-5-17(6-10-19)24(31)32)13-16-4-11-21(20(27)12-16)33-14-15-2-7-18(26)8-3-15/h2-13H,14H2,1H3,(H,31,32)/b22-13-,28-25?. The molecule has 3 aromatic rings. The van der Waals surface area contributed by atoms with Gasteiger partial charge in [-0.1, -0.05) is 34.1 Å². The maximum Gasteiger partial charge on any atom is 0.335 e. The second kappa shape index (κ2) is 10.7.